The largest absolute Gasteiger partial charge is 0.364 e. The molecule has 0 aliphatic rings. The lowest BCUT2D eigenvalue weighted by atomic mass is 10.3. The fourth-order valence-corrected chi connectivity index (χ4v) is 1.47. The number of aryl methyl sites for hydroxylation is 2. The van der Waals surface area contributed by atoms with Crippen LogP contribution in [0.1, 0.15) is 24.1 Å². The molecule has 0 atom stereocenters. The highest BCUT2D eigenvalue weighted by Crippen LogP contribution is 2.06. The highest BCUT2D eigenvalue weighted by atomic mass is 15.0. The molecule has 2 heterocycles. The van der Waals surface area contributed by atoms with E-state index in [9.17, 15) is 0 Å². The minimum atomic E-state index is 0.642. The lowest BCUT2D eigenvalue weighted by Gasteiger charge is -2.06. The molecule has 0 aliphatic carbocycles. The Hall–Kier alpha value is -2.04. The third-order valence-corrected chi connectivity index (χ3v) is 2.37. The number of anilines is 1. The van der Waals surface area contributed by atoms with Crippen LogP contribution in [0.3, 0.4) is 0 Å². The summed E-state index contributed by atoms with van der Waals surface area (Å²) in [5, 5.41) is 3.22. The second-order valence-corrected chi connectivity index (χ2v) is 3.70. The van der Waals surface area contributed by atoms with Crippen LogP contribution in [-0.2, 0) is 13.0 Å². The molecular formula is C12H15N5. The second-order valence-electron chi connectivity index (χ2n) is 3.70. The van der Waals surface area contributed by atoms with Gasteiger partial charge in [0.05, 0.1) is 12.2 Å². The van der Waals surface area contributed by atoms with Crippen LogP contribution in [0.15, 0.2) is 24.7 Å². The summed E-state index contributed by atoms with van der Waals surface area (Å²) < 4.78 is 0. The summed E-state index contributed by atoms with van der Waals surface area (Å²) in [6.45, 7) is 4.59. The first-order chi connectivity index (χ1) is 8.28. The number of nitrogens with one attached hydrogen (secondary N) is 1. The van der Waals surface area contributed by atoms with E-state index >= 15 is 0 Å². The molecule has 0 aliphatic heterocycles. The monoisotopic (exact) mass is 229 g/mol. The average Bonchev–Trinajstić information content (AvgIpc) is 2.37. The van der Waals surface area contributed by atoms with Crippen LogP contribution in [-0.4, -0.2) is 19.9 Å². The van der Waals surface area contributed by atoms with Gasteiger partial charge in [-0.2, -0.15) is 0 Å². The van der Waals surface area contributed by atoms with Gasteiger partial charge in [0.2, 0.25) is 0 Å². The number of hydrogen-bond acceptors (Lipinski definition) is 5. The van der Waals surface area contributed by atoms with E-state index in [1.54, 1.807) is 12.5 Å². The van der Waals surface area contributed by atoms with Crippen molar-refractivity contribution in [3.05, 3.63) is 41.9 Å². The van der Waals surface area contributed by atoms with Gasteiger partial charge in [0.15, 0.2) is 0 Å². The van der Waals surface area contributed by atoms with Crippen molar-refractivity contribution < 1.29 is 0 Å². The van der Waals surface area contributed by atoms with E-state index in [0.29, 0.717) is 6.54 Å². The molecule has 0 saturated heterocycles. The molecule has 0 aromatic carbocycles. The van der Waals surface area contributed by atoms with Crippen molar-refractivity contribution in [1.29, 1.82) is 0 Å². The fraction of sp³-hybridized carbons (Fsp3) is 0.333. The predicted octanol–water partition coefficient (Wildman–Crippen LogP) is 1.75. The van der Waals surface area contributed by atoms with Gasteiger partial charge < -0.3 is 5.32 Å². The molecule has 0 spiro atoms. The molecular weight excluding hydrogens is 214 g/mol. The zero-order valence-corrected chi connectivity index (χ0v) is 10.0. The van der Waals surface area contributed by atoms with Crippen LogP contribution in [0.4, 0.5) is 5.82 Å². The summed E-state index contributed by atoms with van der Waals surface area (Å²) in [6.07, 6.45) is 4.24. The summed E-state index contributed by atoms with van der Waals surface area (Å²) in [5.74, 6) is 1.61. The van der Waals surface area contributed by atoms with E-state index in [0.717, 1.165) is 29.5 Å². The van der Waals surface area contributed by atoms with Gasteiger partial charge in [0.25, 0.3) is 0 Å². The van der Waals surface area contributed by atoms with Crippen molar-refractivity contribution >= 4 is 5.82 Å². The normalized spacial score (nSPS) is 10.2. The summed E-state index contributed by atoms with van der Waals surface area (Å²) in [4.78, 5) is 16.7. The summed E-state index contributed by atoms with van der Waals surface area (Å²) >= 11 is 0. The Bertz CT molecular complexity index is 498. The van der Waals surface area contributed by atoms with Gasteiger partial charge in [-0.05, 0) is 19.4 Å². The molecule has 0 fully saturated rings. The Labute approximate surface area is 100 Å². The van der Waals surface area contributed by atoms with Gasteiger partial charge in [-0.25, -0.2) is 19.9 Å². The van der Waals surface area contributed by atoms with Gasteiger partial charge in [0.1, 0.15) is 18.0 Å². The lowest BCUT2D eigenvalue weighted by Crippen LogP contribution is -2.05. The molecule has 88 valence electrons. The maximum absolute atomic E-state index is 4.31. The first kappa shape index (κ1) is 11.4. The zero-order valence-electron chi connectivity index (χ0n) is 10.0. The Morgan fingerprint density at radius 2 is 2.06 bits per heavy atom. The molecule has 5 heteroatoms. The molecule has 0 unspecified atom stereocenters. The van der Waals surface area contributed by atoms with Gasteiger partial charge >= 0.3 is 0 Å². The minimum Gasteiger partial charge on any atom is -0.364 e. The van der Waals surface area contributed by atoms with E-state index < -0.39 is 0 Å². The van der Waals surface area contributed by atoms with Crippen molar-refractivity contribution in [3.63, 3.8) is 0 Å². The molecule has 5 nitrogen and oxygen atoms in total. The number of rotatable bonds is 4. The van der Waals surface area contributed by atoms with Crippen LogP contribution < -0.4 is 5.32 Å². The number of hydrogen-bond donors (Lipinski definition) is 1. The molecule has 17 heavy (non-hydrogen) atoms. The Kier molecular flexibility index (Phi) is 3.59. The van der Waals surface area contributed by atoms with Crippen LogP contribution >= 0.6 is 0 Å². The zero-order chi connectivity index (χ0) is 12.1. The lowest BCUT2D eigenvalue weighted by molar-refractivity contribution is 0.939. The molecule has 0 saturated carbocycles. The third kappa shape index (κ3) is 3.21. The quantitative estimate of drug-likeness (QED) is 0.865. The van der Waals surface area contributed by atoms with Crippen molar-refractivity contribution in [2.75, 3.05) is 5.32 Å². The second kappa shape index (κ2) is 5.34. The van der Waals surface area contributed by atoms with Crippen LogP contribution in [0, 0.1) is 6.92 Å². The van der Waals surface area contributed by atoms with Crippen molar-refractivity contribution in [2.24, 2.45) is 0 Å². The third-order valence-electron chi connectivity index (χ3n) is 2.37. The summed E-state index contributed by atoms with van der Waals surface area (Å²) in [5.41, 5.74) is 1.98. The highest BCUT2D eigenvalue weighted by molar-refractivity contribution is 5.35. The molecule has 2 aromatic rings. The SMILES string of the molecule is CCc1cc(NCc2ccnc(C)n2)ncn1. The molecule has 0 radical (unpaired) electrons. The first-order valence-corrected chi connectivity index (χ1v) is 5.61. The highest BCUT2D eigenvalue weighted by Gasteiger charge is 1.99. The fourth-order valence-electron chi connectivity index (χ4n) is 1.47. The summed E-state index contributed by atoms with van der Waals surface area (Å²) in [6, 6.07) is 3.84. The van der Waals surface area contributed by atoms with Crippen molar-refractivity contribution in [3.8, 4) is 0 Å². The smallest absolute Gasteiger partial charge is 0.129 e. The van der Waals surface area contributed by atoms with Crippen LogP contribution in [0.5, 0.6) is 0 Å². The Morgan fingerprint density at radius 1 is 1.18 bits per heavy atom. The van der Waals surface area contributed by atoms with Gasteiger partial charge in [-0.3, -0.25) is 0 Å². The molecule has 2 rings (SSSR count). The van der Waals surface area contributed by atoms with E-state index in [-0.39, 0.29) is 0 Å². The predicted molar refractivity (Wildman–Crippen MR) is 65.5 cm³/mol. The van der Waals surface area contributed by atoms with Crippen molar-refractivity contribution in [2.45, 2.75) is 26.8 Å². The summed E-state index contributed by atoms with van der Waals surface area (Å²) in [7, 11) is 0. The van der Waals surface area contributed by atoms with Gasteiger partial charge in [-0.1, -0.05) is 6.92 Å². The number of aromatic nitrogens is 4. The molecule has 0 amide bonds. The average molecular weight is 229 g/mol. The van der Waals surface area contributed by atoms with Crippen molar-refractivity contribution in [1.82, 2.24) is 19.9 Å². The Balaban J connectivity index is 2.02. The van der Waals surface area contributed by atoms with Gasteiger partial charge in [-0.15, -0.1) is 0 Å². The maximum atomic E-state index is 4.31. The number of nitrogens with zero attached hydrogens (tertiary/aromatic N) is 4. The van der Waals surface area contributed by atoms with E-state index in [2.05, 4.69) is 32.2 Å². The molecule has 1 N–H and O–H groups in total. The minimum absolute atomic E-state index is 0.642. The molecule has 0 bridgehead atoms. The van der Waals surface area contributed by atoms with E-state index in [1.165, 1.54) is 0 Å². The standard InChI is InChI=1S/C12H15N5/c1-3-10-6-12(16-8-15-10)14-7-11-4-5-13-9(2)17-11/h4-6,8H,3,7H2,1-2H3,(H,14,15,16). The van der Waals surface area contributed by atoms with Crippen LogP contribution in [0.2, 0.25) is 0 Å². The molecule has 2 aromatic heterocycles. The van der Waals surface area contributed by atoms with Crippen LogP contribution in [0.25, 0.3) is 0 Å². The van der Waals surface area contributed by atoms with E-state index in [4.69, 9.17) is 0 Å². The first-order valence-electron chi connectivity index (χ1n) is 5.61. The maximum Gasteiger partial charge on any atom is 0.129 e. The Morgan fingerprint density at radius 3 is 2.82 bits per heavy atom. The van der Waals surface area contributed by atoms with E-state index in [1.807, 2.05) is 19.1 Å². The van der Waals surface area contributed by atoms with Gasteiger partial charge in [0, 0.05) is 18.0 Å². The topological polar surface area (TPSA) is 63.6 Å².